The third-order valence-electron chi connectivity index (χ3n) is 4.95. The van der Waals surface area contributed by atoms with Crippen LogP contribution >= 0.6 is 11.6 Å². The summed E-state index contributed by atoms with van der Waals surface area (Å²) in [4.78, 5) is 29.0. The van der Waals surface area contributed by atoms with Gasteiger partial charge in [0.15, 0.2) is 0 Å². The SMILES string of the molecule is CCOC(=O)N1CCc2c([nH]c3ccc(Cl)cc23)C1c1cccc(C=O)c1. The molecule has 1 amide bonds. The molecule has 0 saturated heterocycles. The van der Waals surface area contributed by atoms with E-state index in [-0.39, 0.29) is 12.1 Å². The van der Waals surface area contributed by atoms with Crippen molar-refractivity contribution >= 4 is 34.9 Å². The first kappa shape index (κ1) is 17.6. The number of fused-ring (bicyclic) bond motifs is 3. The maximum Gasteiger partial charge on any atom is 0.410 e. The molecule has 1 N–H and O–H groups in total. The smallest absolute Gasteiger partial charge is 0.410 e. The summed E-state index contributed by atoms with van der Waals surface area (Å²) in [5.41, 5.74) is 4.50. The normalized spacial score (nSPS) is 16.2. The predicted octanol–water partition coefficient (Wildman–Crippen LogP) is 4.74. The number of hydrogen-bond acceptors (Lipinski definition) is 3. The molecule has 1 unspecified atom stereocenters. The predicted molar refractivity (Wildman–Crippen MR) is 104 cm³/mol. The van der Waals surface area contributed by atoms with Gasteiger partial charge in [-0.2, -0.15) is 0 Å². The number of aromatic amines is 1. The van der Waals surface area contributed by atoms with Gasteiger partial charge in [0.25, 0.3) is 0 Å². The Labute approximate surface area is 161 Å². The molecule has 0 aliphatic carbocycles. The van der Waals surface area contributed by atoms with Gasteiger partial charge in [-0.3, -0.25) is 9.69 Å². The number of rotatable bonds is 3. The fourth-order valence-corrected chi connectivity index (χ4v) is 3.98. The van der Waals surface area contributed by atoms with Crippen molar-refractivity contribution in [2.45, 2.75) is 19.4 Å². The van der Waals surface area contributed by atoms with Crippen LogP contribution in [0, 0.1) is 0 Å². The Morgan fingerprint density at radius 1 is 1.33 bits per heavy atom. The van der Waals surface area contributed by atoms with Crippen molar-refractivity contribution in [3.8, 4) is 0 Å². The van der Waals surface area contributed by atoms with Crippen LogP contribution in [0.1, 0.15) is 40.1 Å². The number of amides is 1. The summed E-state index contributed by atoms with van der Waals surface area (Å²) in [6.45, 7) is 2.63. The average molecular weight is 383 g/mol. The summed E-state index contributed by atoms with van der Waals surface area (Å²) in [5.74, 6) is 0. The summed E-state index contributed by atoms with van der Waals surface area (Å²) < 4.78 is 5.28. The minimum atomic E-state index is -0.360. The third kappa shape index (κ3) is 3.08. The van der Waals surface area contributed by atoms with Crippen LogP contribution in [-0.2, 0) is 11.2 Å². The molecule has 0 bridgehead atoms. The van der Waals surface area contributed by atoms with Crippen molar-refractivity contribution < 1.29 is 14.3 Å². The van der Waals surface area contributed by atoms with E-state index in [0.717, 1.165) is 34.0 Å². The van der Waals surface area contributed by atoms with Gasteiger partial charge in [-0.1, -0.05) is 29.8 Å². The Balaban J connectivity index is 1.90. The second-order valence-electron chi connectivity index (χ2n) is 6.54. The summed E-state index contributed by atoms with van der Waals surface area (Å²) >= 11 is 6.19. The molecule has 2 heterocycles. The minimum Gasteiger partial charge on any atom is -0.450 e. The number of hydrogen-bond donors (Lipinski definition) is 1. The van der Waals surface area contributed by atoms with Gasteiger partial charge >= 0.3 is 6.09 Å². The number of nitrogens with zero attached hydrogens (tertiary/aromatic N) is 1. The molecule has 1 aromatic heterocycles. The largest absolute Gasteiger partial charge is 0.450 e. The van der Waals surface area contributed by atoms with E-state index in [2.05, 4.69) is 4.98 Å². The molecule has 0 saturated carbocycles. The van der Waals surface area contributed by atoms with Crippen molar-refractivity contribution in [2.24, 2.45) is 0 Å². The minimum absolute atomic E-state index is 0.311. The molecular formula is C21H19ClN2O3. The summed E-state index contributed by atoms with van der Waals surface area (Å²) in [7, 11) is 0. The van der Waals surface area contributed by atoms with Crippen LogP contribution < -0.4 is 0 Å². The van der Waals surface area contributed by atoms with Gasteiger partial charge in [0, 0.05) is 33.7 Å². The molecule has 2 aromatic carbocycles. The number of aromatic nitrogens is 1. The van der Waals surface area contributed by atoms with Crippen molar-refractivity contribution in [1.29, 1.82) is 0 Å². The van der Waals surface area contributed by atoms with Gasteiger partial charge in [0.1, 0.15) is 12.3 Å². The van der Waals surface area contributed by atoms with E-state index >= 15 is 0 Å². The molecular weight excluding hydrogens is 364 g/mol. The maximum atomic E-state index is 12.6. The molecule has 0 spiro atoms. The molecule has 138 valence electrons. The van der Waals surface area contributed by atoms with Gasteiger partial charge < -0.3 is 9.72 Å². The average Bonchev–Trinajstić information content (AvgIpc) is 3.05. The fraction of sp³-hybridized carbons (Fsp3) is 0.238. The molecule has 0 radical (unpaired) electrons. The highest BCUT2D eigenvalue weighted by molar-refractivity contribution is 6.31. The van der Waals surface area contributed by atoms with Crippen molar-refractivity contribution in [2.75, 3.05) is 13.2 Å². The topological polar surface area (TPSA) is 62.4 Å². The molecule has 6 heteroatoms. The van der Waals surface area contributed by atoms with Crippen LogP contribution in [0.4, 0.5) is 4.79 Å². The van der Waals surface area contributed by atoms with Crippen LogP contribution in [0.5, 0.6) is 0 Å². The van der Waals surface area contributed by atoms with Crippen LogP contribution in [0.2, 0.25) is 5.02 Å². The summed E-state index contributed by atoms with van der Waals surface area (Å²) in [5, 5.41) is 1.74. The van der Waals surface area contributed by atoms with Crippen LogP contribution in [0.15, 0.2) is 42.5 Å². The molecule has 1 aliphatic rings. The highest BCUT2D eigenvalue weighted by atomic mass is 35.5. The number of nitrogens with one attached hydrogen (secondary N) is 1. The van der Waals surface area contributed by atoms with E-state index in [1.54, 1.807) is 17.9 Å². The Hall–Kier alpha value is -2.79. The Morgan fingerprint density at radius 2 is 2.19 bits per heavy atom. The van der Waals surface area contributed by atoms with Crippen molar-refractivity contribution in [1.82, 2.24) is 9.88 Å². The first-order chi connectivity index (χ1) is 13.1. The van der Waals surface area contributed by atoms with Gasteiger partial charge in [-0.05, 0) is 48.7 Å². The fourth-order valence-electron chi connectivity index (χ4n) is 3.81. The lowest BCUT2D eigenvalue weighted by molar-refractivity contribution is 0.0932. The first-order valence-electron chi connectivity index (χ1n) is 8.91. The Kier molecular flexibility index (Phi) is 4.62. The van der Waals surface area contributed by atoms with Gasteiger partial charge in [0.2, 0.25) is 0 Å². The molecule has 1 aliphatic heterocycles. The molecule has 0 fully saturated rings. The van der Waals surface area contributed by atoms with Gasteiger partial charge in [0.05, 0.1) is 6.61 Å². The monoisotopic (exact) mass is 382 g/mol. The van der Waals surface area contributed by atoms with Crippen LogP contribution in [-0.4, -0.2) is 35.4 Å². The standard InChI is InChI=1S/C21H19ClN2O3/c1-2-27-21(26)24-9-8-16-17-11-15(22)6-7-18(17)23-19(16)20(24)14-5-3-4-13(10-14)12-25/h3-7,10-12,20,23H,2,8-9H2,1H3. The van der Waals surface area contributed by atoms with Gasteiger partial charge in [-0.25, -0.2) is 4.79 Å². The molecule has 1 atom stereocenters. The number of ether oxygens (including phenoxy) is 1. The van der Waals surface area contributed by atoms with Crippen molar-refractivity contribution in [3.05, 3.63) is 69.9 Å². The molecule has 4 rings (SSSR count). The number of carbonyl (C=O) groups is 2. The zero-order valence-corrected chi connectivity index (χ0v) is 15.6. The van der Waals surface area contributed by atoms with E-state index in [1.807, 2.05) is 36.4 Å². The summed E-state index contributed by atoms with van der Waals surface area (Å²) in [6, 6.07) is 12.7. The Bertz CT molecular complexity index is 1030. The second-order valence-corrected chi connectivity index (χ2v) is 6.98. The molecule has 27 heavy (non-hydrogen) atoms. The number of carbonyl (C=O) groups excluding carboxylic acids is 2. The third-order valence-corrected chi connectivity index (χ3v) is 5.19. The van der Waals surface area contributed by atoms with Crippen molar-refractivity contribution in [3.63, 3.8) is 0 Å². The first-order valence-corrected chi connectivity index (χ1v) is 9.28. The number of halogens is 1. The zero-order chi connectivity index (χ0) is 19.0. The van der Waals surface area contributed by atoms with E-state index in [1.165, 1.54) is 0 Å². The zero-order valence-electron chi connectivity index (χ0n) is 14.9. The highest BCUT2D eigenvalue weighted by Crippen LogP contribution is 2.39. The Morgan fingerprint density at radius 3 is 2.96 bits per heavy atom. The molecule has 5 nitrogen and oxygen atoms in total. The van der Waals surface area contributed by atoms with Gasteiger partial charge in [-0.15, -0.1) is 0 Å². The lowest BCUT2D eigenvalue weighted by Gasteiger charge is -2.35. The lowest BCUT2D eigenvalue weighted by Crippen LogP contribution is -2.41. The number of benzene rings is 2. The molecule has 3 aromatic rings. The van der Waals surface area contributed by atoms with E-state index < -0.39 is 0 Å². The second kappa shape index (κ2) is 7.08. The lowest BCUT2D eigenvalue weighted by atomic mass is 9.92. The van der Waals surface area contributed by atoms with E-state index in [9.17, 15) is 9.59 Å². The number of aldehydes is 1. The van der Waals surface area contributed by atoms with E-state index in [0.29, 0.717) is 30.2 Å². The summed E-state index contributed by atoms with van der Waals surface area (Å²) in [6.07, 6.45) is 1.16. The van der Waals surface area contributed by atoms with E-state index in [4.69, 9.17) is 16.3 Å². The van der Waals surface area contributed by atoms with Crippen LogP contribution in [0.25, 0.3) is 10.9 Å². The van der Waals surface area contributed by atoms with Crippen LogP contribution in [0.3, 0.4) is 0 Å². The maximum absolute atomic E-state index is 12.6. The number of H-pyrrole nitrogens is 1. The highest BCUT2D eigenvalue weighted by Gasteiger charge is 2.35. The quantitative estimate of drug-likeness (QED) is 0.665.